The van der Waals surface area contributed by atoms with Gasteiger partial charge < -0.3 is 0 Å². The number of hydrogen-bond donors (Lipinski definition) is 1. The van der Waals surface area contributed by atoms with Crippen molar-refractivity contribution in [3.63, 3.8) is 0 Å². The van der Waals surface area contributed by atoms with Crippen molar-refractivity contribution in [2.75, 3.05) is 0 Å². The van der Waals surface area contributed by atoms with Gasteiger partial charge in [0, 0.05) is 12.1 Å². The first-order valence-electron chi connectivity index (χ1n) is 8.93. The van der Waals surface area contributed by atoms with E-state index in [1.807, 2.05) is 69.3 Å². The molecule has 0 saturated heterocycles. The highest BCUT2D eigenvalue weighted by molar-refractivity contribution is 8.00. The van der Waals surface area contributed by atoms with Crippen molar-refractivity contribution in [2.45, 2.75) is 44.1 Å². The van der Waals surface area contributed by atoms with Gasteiger partial charge in [-0.1, -0.05) is 54.2 Å². The lowest BCUT2D eigenvalue weighted by atomic mass is 10.0. The summed E-state index contributed by atoms with van der Waals surface area (Å²) in [5, 5.41) is 6.82. The largest absolute Gasteiger partial charge is 0.343 e. The molecule has 0 bridgehead atoms. The molecule has 3 rings (SSSR count). The van der Waals surface area contributed by atoms with Gasteiger partial charge in [0.2, 0.25) is 0 Å². The molecule has 3 aromatic rings. The first kappa shape index (κ1) is 19.2. The van der Waals surface area contributed by atoms with Gasteiger partial charge in [0.1, 0.15) is 0 Å². The van der Waals surface area contributed by atoms with Crippen LogP contribution in [0.25, 0.3) is 0 Å². The van der Waals surface area contributed by atoms with Crippen LogP contribution in [-0.4, -0.2) is 25.8 Å². The van der Waals surface area contributed by atoms with Crippen LogP contribution < -0.4 is 5.69 Å². The smallest absolute Gasteiger partial charge is 0.293 e. The van der Waals surface area contributed by atoms with Gasteiger partial charge in [0.05, 0.1) is 5.25 Å². The van der Waals surface area contributed by atoms with Crippen molar-refractivity contribution in [2.24, 2.45) is 0 Å². The summed E-state index contributed by atoms with van der Waals surface area (Å²) in [6.07, 6.45) is 0.729. The van der Waals surface area contributed by atoms with E-state index in [0.717, 1.165) is 23.1 Å². The van der Waals surface area contributed by atoms with Crippen LogP contribution in [0.3, 0.4) is 0 Å². The van der Waals surface area contributed by atoms with Crippen LogP contribution in [0.15, 0.2) is 58.5 Å². The fourth-order valence-corrected chi connectivity index (χ4v) is 3.78. The van der Waals surface area contributed by atoms with Crippen molar-refractivity contribution in [3.05, 3.63) is 81.3 Å². The number of Topliss-reactive ketones (excluding diaryl/α,β-unsaturated/α-hetero) is 1. The van der Waals surface area contributed by atoms with Crippen LogP contribution in [-0.2, 0) is 13.0 Å². The molecule has 0 amide bonds. The number of ketones is 1. The van der Waals surface area contributed by atoms with Crippen LogP contribution in [0.4, 0.5) is 0 Å². The summed E-state index contributed by atoms with van der Waals surface area (Å²) in [7, 11) is 0. The summed E-state index contributed by atoms with van der Waals surface area (Å²) in [6.45, 7) is 6.39. The first-order valence-corrected chi connectivity index (χ1v) is 9.81. The van der Waals surface area contributed by atoms with Crippen molar-refractivity contribution in [1.29, 1.82) is 0 Å². The summed E-state index contributed by atoms with van der Waals surface area (Å²) in [5.74, 6) is 0.0353. The summed E-state index contributed by atoms with van der Waals surface area (Å²) < 4.78 is 1.60. The molecular formula is C21H23N3O2S. The van der Waals surface area contributed by atoms with Gasteiger partial charge in [0.25, 0.3) is 0 Å². The lowest BCUT2D eigenvalue weighted by molar-refractivity contribution is 0.0993. The van der Waals surface area contributed by atoms with Gasteiger partial charge in [-0.05, 0) is 49.9 Å². The fraction of sp³-hybridized carbons (Fsp3) is 0.286. The van der Waals surface area contributed by atoms with Crippen molar-refractivity contribution in [1.82, 2.24) is 14.8 Å². The number of benzene rings is 2. The Morgan fingerprint density at radius 1 is 1.15 bits per heavy atom. The van der Waals surface area contributed by atoms with Gasteiger partial charge in [-0.2, -0.15) is 0 Å². The van der Waals surface area contributed by atoms with Gasteiger partial charge in [-0.15, -0.1) is 5.10 Å². The molecule has 1 atom stereocenters. The molecule has 1 aromatic heterocycles. The lowest BCUT2D eigenvalue weighted by Crippen LogP contribution is -2.20. The van der Waals surface area contributed by atoms with E-state index in [4.69, 9.17) is 0 Å². The van der Waals surface area contributed by atoms with Crippen LogP contribution in [0.5, 0.6) is 0 Å². The molecule has 1 N–H and O–H groups in total. The van der Waals surface area contributed by atoms with Crippen molar-refractivity contribution >= 4 is 17.5 Å². The van der Waals surface area contributed by atoms with Crippen molar-refractivity contribution < 1.29 is 4.79 Å². The van der Waals surface area contributed by atoms with Gasteiger partial charge in [-0.3, -0.25) is 9.36 Å². The highest BCUT2D eigenvalue weighted by Crippen LogP contribution is 2.24. The number of carbonyl (C=O) groups is 1. The van der Waals surface area contributed by atoms with Crippen LogP contribution >= 0.6 is 11.8 Å². The molecule has 1 heterocycles. The van der Waals surface area contributed by atoms with Crippen LogP contribution in [0.1, 0.15) is 34.0 Å². The van der Waals surface area contributed by atoms with E-state index in [0.29, 0.717) is 17.3 Å². The zero-order chi connectivity index (χ0) is 19.4. The maximum absolute atomic E-state index is 12.8. The molecule has 0 aliphatic heterocycles. The zero-order valence-electron chi connectivity index (χ0n) is 15.7. The number of nitrogens with zero attached hydrogens (tertiary/aromatic N) is 2. The molecule has 0 aliphatic carbocycles. The summed E-state index contributed by atoms with van der Waals surface area (Å²) in [4.78, 5) is 24.9. The molecule has 5 nitrogen and oxygen atoms in total. The molecule has 0 fully saturated rings. The standard InChI is InChI=1S/C21H23N3O2S/c1-14-9-10-18(13-15(14)2)19(25)16(3)27-21-23-22-20(26)24(21)12-11-17-7-5-4-6-8-17/h4-10,13,16H,11-12H2,1-3H3,(H,22,26). The molecule has 140 valence electrons. The third kappa shape index (κ3) is 4.57. The molecule has 27 heavy (non-hydrogen) atoms. The van der Waals surface area contributed by atoms with Gasteiger partial charge in [0.15, 0.2) is 10.9 Å². The predicted molar refractivity (Wildman–Crippen MR) is 109 cm³/mol. The average Bonchev–Trinajstić information content (AvgIpc) is 3.02. The quantitative estimate of drug-likeness (QED) is 0.499. The molecule has 0 aliphatic rings. The first-order chi connectivity index (χ1) is 13.0. The third-order valence-corrected chi connectivity index (χ3v) is 5.72. The minimum absolute atomic E-state index is 0.0353. The van der Waals surface area contributed by atoms with Crippen molar-refractivity contribution in [3.8, 4) is 0 Å². The second kappa shape index (κ2) is 8.39. The Hall–Kier alpha value is -2.60. The maximum atomic E-state index is 12.8. The highest BCUT2D eigenvalue weighted by Gasteiger charge is 2.20. The normalized spacial score (nSPS) is 12.1. The van der Waals surface area contributed by atoms with Crippen LogP contribution in [0.2, 0.25) is 0 Å². The van der Waals surface area contributed by atoms with Gasteiger partial charge in [-0.25, -0.2) is 9.89 Å². The Balaban J connectivity index is 1.72. The van der Waals surface area contributed by atoms with E-state index in [1.165, 1.54) is 11.8 Å². The Morgan fingerprint density at radius 3 is 2.59 bits per heavy atom. The summed E-state index contributed by atoms with van der Waals surface area (Å²) in [6, 6.07) is 15.7. The molecular weight excluding hydrogens is 358 g/mol. The number of thioether (sulfide) groups is 1. The molecule has 6 heteroatoms. The Bertz CT molecular complexity index is 992. The molecule has 2 aromatic carbocycles. The molecule has 0 saturated carbocycles. The number of hydrogen-bond acceptors (Lipinski definition) is 4. The fourth-order valence-electron chi connectivity index (χ4n) is 2.82. The topological polar surface area (TPSA) is 67.8 Å². The lowest BCUT2D eigenvalue weighted by Gasteiger charge is -2.12. The van der Waals surface area contributed by atoms with E-state index < -0.39 is 0 Å². The molecule has 0 radical (unpaired) electrons. The number of nitrogens with one attached hydrogen (secondary N) is 1. The van der Waals surface area contributed by atoms with E-state index in [2.05, 4.69) is 10.2 Å². The van der Waals surface area contributed by atoms with E-state index in [9.17, 15) is 9.59 Å². The predicted octanol–water partition coefficient (Wildman–Crippen LogP) is 3.79. The highest BCUT2D eigenvalue weighted by atomic mass is 32.2. The molecule has 0 spiro atoms. The number of carbonyl (C=O) groups excluding carboxylic acids is 1. The Morgan fingerprint density at radius 2 is 1.89 bits per heavy atom. The number of aryl methyl sites for hydroxylation is 3. The monoisotopic (exact) mass is 381 g/mol. The maximum Gasteiger partial charge on any atom is 0.343 e. The summed E-state index contributed by atoms with van der Waals surface area (Å²) in [5.41, 5.74) is 3.85. The zero-order valence-corrected chi connectivity index (χ0v) is 16.5. The van der Waals surface area contributed by atoms with Gasteiger partial charge >= 0.3 is 5.69 Å². The average molecular weight is 382 g/mol. The minimum Gasteiger partial charge on any atom is -0.293 e. The summed E-state index contributed by atoms with van der Waals surface area (Å²) >= 11 is 1.31. The van der Waals surface area contributed by atoms with E-state index >= 15 is 0 Å². The minimum atomic E-state index is -0.335. The van der Waals surface area contributed by atoms with Crippen LogP contribution in [0, 0.1) is 13.8 Å². The second-order valence-electron chi connectivity index (χ2n) is 6.62. The van der Waals surface area contributed by atoms with E-state index in [-0.39, 0.29) is 16.7 Å². The third-order valence-electron chi connectivity index (χ3n) is 4.63. The van der Waals surface area contributed by atoms with E-state index in [1.54, 1.807) is 4.57 Å². The Kier molecular flexibility index (Phi) is 5.96. The number of aromatic nitrogens is 3. The molecule has 1 unspecified atom stereocenters. The number of aromatic amines is 1. The number of rotatable bonds is 7. The SMILES string of the molecule is Cc1ccc(C(=O)C(C)Sc2n[nH]c(=O)n2CCc2ccccc2)cc1C. The second-order valence-corrected chi connectivity index (χ2v) is 7.93. The number of H-pyrrole nitrogens is 1. The Labute approximate surface area is 162 Å².